The van der Waals surface area contributed by atoms with E-state index in [0.717, 1.165) is 16.7 Å². The van der Waals surface area contributed by atoms with E-state index in [2.05, 4.69) is 22.8 Å². The Bertz CT molecular complexity index is 513. The van der Waals surface area contributed by atoms with E-state index >= 15 is 0 Å². The van der Waals surface area contributed by atoms with Gasteiger partial charge in [-0.1, -0.05) is 17.7 Å². The summed E-state index contributed by atoms with van der Waals surface area (Å²) >= 11 is 0. The largest absolute Gasteiger partial charge is 0.480 e. The molecule has 0 spiro atoms. The van der Waals surface area contributed by atoms with Gasteiger partial charge in [0.15, 0.2) is 0 Å². The summed E-state index contributed by atoms with van der Waals surface area (Å²) < 4.78 is 0. The van der Waals surface area contributed by atoms with Crippen LogP contribution in [0.1, 0.15) is 36.1 Å². The van der Waals surface area contributed by atoms with Crippen molar-refractivity contribution in [2.24, 2.45) is 0 Å². The van der Waals surface area contributed by atoms with Gasteiger partial charge in [0, 0.05) is 6.54 Å². The monoisotopic (exact) mass is 278 g/mol. The molecule has 1 aromatic carbocycles. The number of aryl methyl sites for hydroxylation is 3. The van der Waals surface area contributed by atoms with Crippen LogP contribution in [0.3, 0.4) is 0 Å². The van der Waals surface area contributed by atoms with Crippen LogP contribution in [0.4, 0.5) is 4.79 Å². The van der Waals surface area contributed by atoms with E-state index in [9.17, 15) is 9.59 Å². The third-order valence-electron chi connectivity index (χ3n) is 3.23. The summed E-state index contributed by atoms with van der Waals surface area (Å²) in [5.41, 5.74) is 3.17. The first-order valence-electron chi connectivity index (χ1n) is 6.49. The molecule has 2 amide bonds. The highest BCUT2D eigenvalue weighted by Gasteiger charge is 2.28. The minimum absolute atomic E-state index is 0.374. The number of nitrogens with one attached hydrogen (secondary N) is 2. The predicted molar refractivity (Wildman–Crippen MR) is 77.7 cm³/mol. The summed E-state index contributed by atoms with van der Waals surface area (Å²) in [4.78, 5) is 22.7. The highest BCUT2D eigenvalue weighted by atomic mass is 16.4. The van der Waals surface area contributed by atoms with Crippen LogP contribution in [0.5, 0.6) is 0 Å². The topological polar surface area (TPSA) is 78.4 Å². The van der Waals surface area contributed by atoms with Gasteiger partial charge in [-0.05, 0) is 51.3 Å². The molecule has 0 atom stereocenters. The average Bonchev–Trinajstić information content (AvgIpc) is 2.26. The molecule has 0 unspecified atom stereocenters. The minimum atomic E-state index is -1.29. The van der Waals surface area contributed by atoms with E-state index in [1.165, 1.54) is 19.4 Å². The Morgan fingerprint density at radius 3 is 2.10 bits per heavy atom. The third kappa shape index (κ3) is 3.98. The van der Waals surface area contributed by atoms with Gasteiger partial charge in [0.2, 0.25) is 0 Å². The van der Waals surface area contributed by atoms with Crippen LogP contribution in [-0.2, 0) is 11.3 Å². The van der Waals surface area contributed by atoms with Gasteiger partial charge >= 0.3 is 12.0 Å². The number of benzene rings is 1. The first-order valence-corrected chi connectivity index (χ1v) is 6.49. The van der Waals surface area contributed by atoms with Gasteiger partial charge in [0.25, 0.3) is 0 Å². The first kappa shape index (κ1) is 16.0. The lowest BCUT2D eigenvalue weighted by Gasteiger charge is -2.21. The lowest BCUT2D eigenvalue weighted by molar-refractivity contribution is -0.142. The number of carbonyl (C=O) groups is 2. The Labute approximate surface area is 119 Å². The quantitative estimate of drug-likeness (QED) is 0.790. The van der Waals surface area contributed by atoms with Crippen LogP contribution in [0.15, 0.2) is 12.1 Å². The number of amides is 2. The summed E-state index contributed by atoms with van der Waals surface area (Å²) in [6.45, 7) is 9.28. The third-order valence-corrected chi connectivity index (χ3v) is 3.23. The molecule has 3 N–H and O–H groups in total. The van der Waals surface area contributed by atoms with Gasteiger partial charge in [-0.15, -0.1) is 0 Å². The number of carboxylic acid groups (broad SMARTS) is 1. The van der Waals surface area contributed by atoms with Crippen molar-refractivity contribution in [1.82, 2.24) is 10.6 Å². The molecule has 1 rings (SSSR count). The Kier molecular flexibility index (Phi) is 4.76. The van der Waals surface area contributed by atoms with E-state index in [-0.39, 0.29) is 0 Å². The Morgan fingerprint density at radius 1 is 1.15 bits per heavy atom. The lowest BCUT2D eigenvalue weighted by atomic mass is 10.00. The maximum absolute atomic E-state index is 11.7. The molecule has 0 saturated heterocycles. The number of carboxylic acids is 1. The molecule has 0 bridgehead atoms. The summed E-state index contributed by atoms with van der Waals surface area (Å²) in [6.07, 6.45) is 0. The highest BCUT2D eigenvalue weighted by Crippen LogP contribution is 2.16. The van der Waals surface area contributed by atoms with Gasteiger partial charge in [0.05, 0.1) is 0 Å². The molecule has 5 heteroatoms. The molecular weight excluding hydrogens is 256 g/mol. The van der Waals surface area contributed by atoms with Crippen LogP contribution in [0.2, 0.25) is 0 Å². The molecular formula is C15H22N2O3. The molecule has 0 aliphatic heterocycles. The second-order valence-electron chi connectivity index (χ2n) is 5.62. The van der Waals surface area contributed by atoms with Crippen molar-refractivity contribution in [3.05, 3.63) is 34.4 Å². The van der Waals surface area contributed by atoms with E-state index in [0.29, 0.717) is 6.54 Å². The molecule has 0 radical (unpaired) electrons. The van der Waals surface area contributed by atoms with Gasteiger partial charge in [-0.25, -0.2) is 9.59 Å². The summed E-state index contributed by atoms with van der Waals surface area (Å²) in [5, 5.41) is 14.1. The van der Waals surface area contributed by atoms with Crippen LogP contribution >= 0.6 is 0 Å². The number of aliphatic carboxylic acids is 1. The molecule has 5 nitrogen and oxygen atoms in total. The molecule has 20 heavy (non-hydrogen) atoms. The van der Waals surface area contributed by atoms with Crippen LogP contribution in [0.25, 0.3) is 0 Å². The SMILES string of the molecule is Cc1cc(C)c(CNC(=O)NC(C)(C)C(=O)O)c(C)c1. The van der Waals surface area contributed by atoms with E-state index < -0.39 is 17.5 Å². The number of hydrogen-bond acceptors (Lipinski definition) is 2. The fourth-order valence-electron chi connectivity index (χ4n) is 2.04. The van der Waals surface area contributed by atoms with Gasteiger partial charge in [0.1, 0.15) is 5.54 Å². The number of urea groups is 1. The smallest absolute Gasteiger partial charge is 0.328 e. The van der Waals surface area contributed by atoms with Crippen LogP contribution in [0, 0.1) is 20.8 Å². The van der Waals surface area contributed by atoms with Gasteiger partial charge < -0.3 is 15.7 Å². The Balaban J connectivity index is 2.69. The first-order chi connectivity index (χ1) is 9.13. The zero-order valence-corrected chi connectivity index (χ0v) is 12.6. The van der Waals surface area contributed by atoms with Crippen molar-refractivity contribution >= 4 is 12.0 Å². The van der Waals surface area contributed by atoms with Gasteiger partial charge in [-0.3, -0.25) is 0 Å². The van der Waals surface area contributed by atoms with Crippen molar-refractivity contribution in [3.63, 3.8) is 0 Å². The molecule has 0 aliphatic carbocycles. The number of carbonyl (C=O) groups excluding carboxylic acids is 1. The van der Waals surface area contributed by atoms with Crippen molar-refractivity contribution in [2.45, 2.75) is 46.7 Å². The normalized spacial score (nSPS) is 11.1. The fourth-order valence-corrected chi connectivity index (χ4v) is 2.04. The summed E-state index contributed by atoms with van der Waals surface area (Å²) in [6, 6.07) is 3.63. The zero-order valence-electron chi connectivity index (χ0n) is 12.6. The second kappa shape index (κ2) is 5.94. The summed E-state index contributed by atoms with van der Waals surface area (Å²) in [7, 11) is 0. The molecule has 0 aliphatic rings. The van der Waals surface area contributed by atoms with E-state index in [1.807, 2.05) is 20.8 Å². The van der Waals surface area contributed by atoms with Gasteiger partial charge in [-0.2, -0.15) is 0 Å². The standard InChI is InChI=1S/C15H22N2O3/c1-9-6-10(2)12(11(3)7-9)8-16-14(20)17-15(4,5)13(18)19/h6-7H,8H2,1-5H3,(H,18,19)(H2,16,17,20). The van der Waals surface area contributed by atoms with E-state index in [1.54, 1.807) is 0 Å². The van der Waals surface area contributed by atoms with E-state index in [4.69, 9.17) is 5.11 Å². The maximum Gasteiger partial charge on any atom is 0.328 e. The average molecular weight is 278 g/mol. The molecule has 1 aromatic rings. The molecule has 0 saturated carbocycles. The van der Waals surface area contributed by atoms with Crippen LogP contribution in [-0.4, -0.2) is 22.6 Å². The minimum Gasteiger partial charge on any atom is -0.480 e. The number of hydrogen-bond donors (Lipinski definition) is 3. The molecule has 110 valence electrons. The van der Waals surface area contributed by atoms with Crippen molar-refractivity contribution < 1.29 is 14.7 Å². The Hall–Kier alpha value is -2.04. The lowest BCUT2D eigenvalue weighted by Crippen LogP contribution is -2.53. The highest BCUT2D eigenvalue weighted by molar-refractivity contribution is 5.85. The fraction of sp³-hybridized carbons (Fsp3) is 0.467. The van der Waals surface area contributed by atoms with Crippen molar-refractivity contribution in [1.29, 1.82) is 0 Å². The Morgan fingerprint density at radius 2 is 1.65 bits per heavy atom. The number of rotatable bonds is 4. The van der Waals surface area contributed by atoms with Crippen LogP contribution < -0.4 is 10.6 Å². The zero-order chi connectivity index (χ0) is 15.5. The molecule has 0 fully saturated rings. The second-order valence-corrected chi connectivity index (χ2v) is 5.62. The van der Waals surface area contributed by atoms with Crippen molar-refractivity contribution in [3.8, 4) is 0 Å². The predicted octanol–water partition coefficient (Wildman–Crippen LogP) is 2.27. The van der Waals surface area contributed by atoms with Crippen molar-refractivity contribution in [2.75, 3.05) is 0 Å². The molecule has 0 aromatic heterocycles. The molecule has 0 heterocycles. The summed E-state index contributed by atoms with van der Waals surface area (Å²) in [5.74, 6) is -1.07. The maximum atomic E-state index is 11.7.